The maximum absolute atomic E-state index is 13.6. The zero-order valence-corrected chi connectivity index (χ0v) is 15.0. The number of hydrogen-bond acceptors (Lipinski definition) is 4. The second-order valence-corrected chi connectivity index (χ2v) is 6.76. The molecule has 0 saturated carbocycles. The van der Waals surface area contributed by atoms with Crippen molar-refractivity contribution < 1.29 is 22.4 Å². The molecule has 1 amide bonds. The maximum atomic E-state index is 13.6. The van der Waals surface area contributed by atoms with E-state index >= 15 is 0 Å². The Bertz CT molecular complexity index is 983. The summed E-state index contributed by atoms with van der Waals surface area (Å²) >= 11 is 5.80. The van der Waals surface area contributed by atoms with E-state index < -0.39 is 24.2 Å². The molecule has 3 aromatic rings. The molecule has 1 aromatic carbocycles. The number of benzene rings is 1. The van der Waals surface area contributed by atoms with Gasteiger partial charge in [-0.1, -0.05) is 11.6 Å². The van der Waals surface area contributed by atoms with Gasteiger partial charge in [-0.2, -0.15) is 18.3 Å². The van der Waals surface area contributed by atoms with E-state index in [1.165, 1.54) is 12.3 Å². The van der Waals surface area contributed by atoms with Crippen LogP contribution in [-0.2, 0) is 0 Å². The Morgan fingerprint density at radius 1 is 1.29 bits per heavy atom. The summed E-state index contributed by atoms with van der Waals surface area (Å²) in [5.41, 5.74) is 0.320. The molecule has 4 rings (SSSR count). The van der Waals surface area contributed by atoms with E-state index in [4.69, 9.17) is 16.0 Å². The van der Waals surface area contributed by atoms with Crippen LogP contribution in [0.3, 0.4) is 0 Å². The molecule has 0 bridgehead atoms. The van der Waals surface area contributed by atoms with Crippen molar-refractivity contribution >= 4 is 29.0 Å². The topological polar surface area (TPSA) is 72.1 Å². The summed E-state index contributed by atoms with van der Waals surface area (Å²) in [6.45, 7) is 0. The minimum absolute atomic E-state index is 0.0937. The largest absolute Gasteiger partial charge is 0.467 e. The van der Waals surface area contributed by atoms with Crippen LogP contribution < -0.4 is 10.6 Å². The second-order valence-electron chi connectivity index (χ2n) is 6.33. The van der Waals surface area contributed by atoms with Crippen LogP contribution in [0.25, 0.3) is 0 Å². The van der Waals surface area contributed by atoms with Crippen LogP contribution in [0.2, 0.25) is 5.02 Å². The summed E-state index contributed by atoms with van der Waals surface area (Å²) in [6.07, 6.45) is -3.43. The lowest BCUT2D eigenvalue weighted by atomic mass is 10.0. The molecule has 10 heteroatoms. The number of carbonyl (C=O) groups excluding carboxylic acids is 1. The predicted molar refractivity (Wildman–Crippen MR) is 96.4 cm³/mol. The minimum atomic E-state index is -4.53. The van der Waals surface area contributed by atoms with E-state index in [1.54, 1.807) is 36.4 Å². The summed E-state index contributed by atoms with van der Waals surface area (Å²) < 4.78 is 46.8. The maximum Gasteiger partial charge on any atom is 0.410 e. The minimum Gasteiger partial charge on any atom is -0.467 e. The third-order valence-corrected chi connectivity index (χ3v) is 4.66. The highest BCUT2D eigenvalue weighted by molar-refractivity contribution is 6.30. The van der Waals surface area contributed by atoms with Crippen LogP contribution in [0.4, 0.5) is 24.7 Å². The molecule has 28 heavy (non-hydrogen) atoms. The fourth-order valence-electron chi connectivity index (χ4n) is 3.09. The summed E-state index contributed by atoms with van der Waals surface area (Å²) in [5.74, 6) is -0.147. The Morgan fingerprint density at radius 3 is 2.68 bits per heavy atom. The highest BCUT2D eigenvalue weighted by Gasteiger charge is 2.47. The number of alkyl halides is 3. The molecular weight excluding hydrogens is 397 g/mol. The first-order valence-electron chi connectivity index (χ1n) is 8.34. The molecule has 0 fully saturated rings. The van der Waals surface area contributed by atoms with Crippen molar-refractivity contribution in [3.05, 3.63) is 65.2 Å². The summed E-state index contributed by atoms with van der Waals surface area (Å²) in [7, 11) is 0. The van der Waals surface area contributed by atoms with E-state index in [2.05, 4.69) is 15.7 Å². The van der Waals surface area contributed by atoms with Crippen LogP contribution in [0.1, 0.15) is 34.8 Å². The average molecular weight is 411 g/mol. The number of fused-ring (bicyclic) bond motifs is 1. The molecule has 2 atom stereocenters. The third-order valence-electron chi connectivity index (χ3n) is 4.41. The number of hydrogen-bond donors (Lipinski definition) is 2. The first kappa shape index (κ1) is 18.4. The number of anilines is 2. The van der Waals surface area contributed by atoms with Crippen LogP contribution in [0.5, 0.6) is 0 Å². The highest BCUT2D eigenvalue weighted by atomic mass is 35.5. The molecule has 1 aliphatic rings. The Balaban J connectivity index is 1.63. The number of carbonyl (C=O) groups is 1. The first-order chi connectivity index (χ1) is 13.3. The summed E-state index contributed by atoms with van der Waals surface area (Å²) in [5, 5.41) is 9.93. The van der Waals surface area contributed by atoms with Crippen LogP contribution in [-0.4, -0.2) is 21.9 Å². The molecule has 6 nitrogen and oxygen atoms in total. The lowest BCUT2D eigenvalue weighted by molar-refractivity contribution is -0.174. The van der Waals surface area contributed by atoms with Gasteiger partial charge < -0.3 is 15.1 Å². The van der Waals surface area contributed by atoms with Crippen LogP contribution in [0.15, 0.2) is 53.1 Å². The highest BCUT2D eigenvalue weighted by Crippen LogP contribution is 2.43. The Kier molecular flexibility index (Phi) is 4.54. The molecule has 0 radical (unpaired) electrons. The number of rotatable bonds is 3. The van der Waals surface area contributed by atoms with Gasteiger partial charge in [-0.3, -0.25) is 4.79 Å². The van der Waals surface area contributed by atoms with Crippen molar-refractivity contribution in [2.75, 3.05) is 10.6 Å². The van der Waals surface area contributed by atoms with E-state index in [9.17, 15) is 18.0 Å². The average Bonchev–Trinajstić information content (AvgIpc) is 3.31. The second kappa shape index (κ2) is 6.90. The smallest absolute Gasteiger partial charge is 0.410 e. The zero-order valence-electron chi connectivity index (χ0n) is 14.2. The van der Waals surface area contributed by atoms with E-state index in [1.807, 2.05) is 0 Å². The molecule has 2 aromatic heterocycles. The fourth-order valence-corrected chi connectivity index (χ4v) is 3.21. The van der Waals surface area contributed by atoms with Gasteiger partial charge in [0.15, 0.2) is 11.7 Å². The monoisotopic (exact) mass is 410 g/mol. The first-order valence-corrected chi connectivity index (χ1v) is 8.72. The van der Waals surface area contributed by atoms with E-state index in [0.717, 1.165) is 4.68 Å². The quantitative estimate of drug-likeness (QED) is 0.634. The fraction of sp³-hybridized carbons (Fsp3) is 0.222. The molecule has 0 unspecified atom stereocenters. The van der Waals surface area contributed by atoms with E-state index in [-0.39, 0.29) is 17.9 Å². The predicted octanol–water partition coefficient (Wildman–Crippen LogP) is 5.04. The normalized spacial score (nSPS) is 19.0. The number of nitrogens with zero attached hydrogens (tertiary/aromatic N) is 2. The van der Waals surface area contributed by atoms with Crippen molar-refractivity contribution in [1.29, 1.82) is 0 Å². The van der Waals surface area contributed by atoms with Crippen molar-refractivity contribution in [1.82, 2.24) is 9.78 Å². The van der Waals surface area contributed by atoms with Crippen molar-refractivity contribution in [3.63, 3.8) is 0 Å². The van der Waals surface area contributed by atoms with Gasteiger partial charge in [0, 0.05) is 23.2 Å². The molecule has 0 aliphatic carbocycles. The Morgan fingerprint density at radius 2 is 2.04 bits per heavy atom. The van der Waals surface area contributed by atoms with Gasteiger partial charge in [0.1, 0.15) is 11.6 Å². The van der Waals surface area contributed by atoms with Crippen molar-refractivity contribution in [2.45, 2.75) is 24.7 Å². The van der Waals surface area contributed by atoms with Gasteiger partial charge in [0.05, 0.1) is 12.3 Å². The van der Waals surface area contributed by atoms with Gasteiger partial charge in [-0.15, -0.1) is 0 Å². The summed E-state index contributed by atoms with van der Waals surface area (Å²) in [6, 6.07) is 8.28. The lowest BCUT2D eigenvalue weighted by Gasteiger charge is -2.32. The Labute approximate surface area is 162 Å². The van der Waals surface area contributed by atoms with Crippen molar-refractivity contribution in [2.24, 2.45) is 0 Å². The number of aromatic nitrogens is 2. The molecule has 2 N–H and O–H groups in total. The number of halogens is 4. The van der Waals surface area contributed by atoms with Gasteiger partial charge in [0.25, 0.3) is 5.91 Å². The SMILES string of the molecule is O=C(Nc1ccc(Cl)cc1)c1cc2n(n1)[C@@H](C(F)(F)F)C[C@H](c1ccco1)N2. The summed E-state index contributed by atoms with van der Waals surface area (Å²) in [4.78, 5) is 12.4. The van der Waals surface area contributed by atoms with Gasteiger partial charge in [-0.05, 0) is 36.4 Å². The van der Waals surface area contributed by atoms with Gasteiger partial charge >= 0.3 is 6.18 Å². The molecule has 3 heterocycles. The molecular formula is C18H14ClF3N4O2. The lowest BCUT2D eigenvalue weighted by Crippen LogP contribution is -2.35. The van der Waals surface area contributed by atoms with Crippen molar-refractivity contribution in [3.8, 4) is 0 Å². The number of nitrogens with one attached hydrogen (secondary N) is 2. The van der Waals surface area contributed by atoms with Crippen LogP contribution >= 0.6 is 11.6 Å². The number of amides is 1. The zero-order chi connectivity index (χ0) is 19.9. The Hall–Kier alpha value is -2.94. The molecule has 0 spiro atoms. The van der Waals surface area contributed by atoms with Gasteiger partial charge in [-0.25, -0.2) is 4.68 Å². The number of furan rings is 1. The molecule has 146 valence electrons. The standard InChI is InChI=1S/C18H14ClF3N4O2/c19-10-3-5-11(6-4-10)23-17(27)13-9-16-24-12(14-2-1-7-28-14)8-15(18(20,21)22)26(16)25-13/h1-7,9,12,15,24H,8H2,(H,23,27)/t12-,15-/m1/s1. The van der Waals surface area contributed by atoms with Gasteiger partial charge in [0.2, 0.25) is 0 Å². The third kappa shape index (κ3) is 3.57. The van der Waals surface area contributed by atoms with Crippen LogP contribution in [0, 0.1) is 0 Å². The molecule has 1 aliphatic heterocycles. The molecule has 0 saturated heterocycles. The van der Waals surface area contributed by atoms with E-state index in [0.29, 0.717) is 16.5 Å².